The van der Waals surface area contributed by atoms with E-state index in [0.717, 1.165) is 55.5 Å². The molecule has 0 bridgehead atoms. The highest BCUT2D eigenvalue weighted by Crippen LogP contribution is 2.58. The molecule has 0 radical (unpaired) electrons. The Balaban J connectivity index is 1.09. The van der Waals surface area contributed by atoms with Gasteiger partial charge in [0.15, 0.2) is 0 Å². The second-order valence-electron chi connectivity index (χ2n) is 19.5. The van der Waals surface area contributed by atoms with Crippen molar-refractivity contribution in [3.63, 3.8) is 0 Å². The van der Waals surface area contributed by atoms with Gasteiger partial charge < -0.3 is 9.32 Å². The Morgan fingerprint density at radius 3 is 1.41 bits per heavy atom. The van der Waals surface area contributed by atoms with Gasteiger partial charge in [0.25, 0.3) is 0 Å². The molecule has 11 aromatic carbocycles. The average Bonchev–Trinajstić information content (AvgIpc) is 4.03. The minimum atomic E-state index is -0.563. The van der Waals surface area contributed by atoms with Gasteiger partial charge in [0, 0.05) is 44.2 Å². The van der Waals surface area contributed by atoms with Crippen molar-refractivity contribution in [2.24, 2.45) is 0 Å². The molecule has 0 amide bonds. The van der Waals surface area contributed by atoms with E-state index in [0.29, 0.717) is 0 Å². The van der Waals surface area contributed by atoms with Gasteiger partial charge in [0.05, 0.1) is 5.41 Å². The Bertz CT molecular complexity index is 3980. The number of furan rings is 1. The minimum Gasteiger partial charge on any atom is -0.455 e. The standard InChI is InChI=1S/C68H47NO/c1-67(2)61-33-19-17-30-52(61)54-37-35-48(41-63(54)67)69(49-36-38-55-53-31-18-20-34-62(53)68(64(55)42-49,46-25-11-5-12-26-46)47-27-13-6-14-28-47)50-39-58(45-23-9-4-10-24-45)66-59(40-50)60-43-57(44-21-7-3-8-22-44)51-29-15-16-32-56(51)65(60)70-66/h3-43H,1-2H3. The third-order valence-corrected chi connectivity index (χ3v) is 15.5. The molecule has 1 aromatic heterocycles. The van der Waals surface area contributed by atoms with E-state index < -0.39 is 5.41 Å². The summed E-state index contributed by atoms with van der Waals surface area (Å²) in [5.74, 6) is 0. The molecule has 1 heterocycles. The molecular weight excluding hydrogens is 847 g/mol. The van der Waals surface area contributed by atoms with E-state index in [1.165, 1.54) is 72.1 Å². The smallest absolute Gasteiger partial charge is 0.143 e. The first-order chi connectivity index (χ1) is 34.5. The molecule has 14 rings (SSSR count). The van der Waals surface area contributed by atoms with Gasteiger partial charge in [0.2, 0.25) is 0 Å². The Kier molecular flexibility index (Phi) is 8.88. The molecule has 0 fully saturated rings. The molecule has 0 aliphatic heterocycles. The molecule has 330 valence electrons. The number of fused-ring (bicyclic) bond motifs is 11. The molecule has 2 nitrogen and oxygen atoms in total. The van der Waals surface area contributed by atoms with Gasteiger partial charge in [0.1, 0.15) is 11.2 Å². The van der Waals surface area contributed by atoms with E-state index in [4.69, 9.17) is 4.42 Å². The summed E-state index contributed by atoms with van der Waals surface area (Å²) < 4.78 is 7.22. The number of benzene rings is 11. The second kappa shape index (κ2) is 15.4. The molecule has 0 saturated heterocycles. The molecule has 0 N–H and O–H groups in total. The first-order valence-electron chi connectivity index (χ1n) is 24.4. The Labute approximate surface area is 408 Å². The lowest BCUT2D eigenvalue weighted by Gasteiger charge is -2.35. The third kappa shape index (κ3) is 5.80. The molecule has 0 saturated carbocycles. The van der Waals surface area contributed by atoms with Gasteiger partial charge >= 0.3 is 0 Å². The minimum absolute atomic E-state index is 0.197. The summed E-state index contributed by atoms with van der Waals surface area (Å²) in [6, 6.07) is 91.8. The molecule has 2 heteroatoms. The normalized spacial score (nSPS) is 13.8. The summed E-state index contributed by atoms with van der Waals surface area (Å²) in [4.78, 5) is 2.51. The average molecular weight is 894 g/mol. The van der Waals surface area contributed by atoms with Crippen LogP contribution < -0.4 is 4.90 Å². The van der Waals surface area contributed by atoms with Gasteiger partial charge in [-0.15, -0.1) is 0 Å². The SMILES string of the molecule is CC1(C)c2ccccc2-c2ccc(N(c3ccc4c(c3)C(c3ccccc3)(c3ccccc3)c3ccccc3-4)c3cc(-c4ccccc4)c4oc5c6ccccc6c(-c6ccccc6)cc5c4c3)cc21. The molecule has 0 spiro atoms. The van der Waals surface area contributed by atoms with Gasteiger partial charge in [-0.05, 0) is 120 Å². The van der Waals surface area contributed by atoms with Crippen LogP contribution in [0.15, 0.2) is 253 Å². The Hall–Kier alpha value is -8.72. The van der Waals surface area contributed by atoms with Crippen LogP contribution in [-0.2, 0) is 10.8 Å². The van der Waals surface area contributed by atoms with E-state index in [2.05, 4.69) is 267 Å². The summed E-state index contributed by atoms with van der Waals surface area (Å²) in [5, 5.41) is 4.44. The zero-order valence-electron chi connectivity index (χ0n) is 39.0. The number of nitrogens with zero attached hydrogens (tertiary/aromatic N) is 1. The van der Waals surface area contributed by atoms with Crippen LogP contribution in [0.3, 0.4) is 0 Å². The van der Waals surface area contributed by atoms with Crippen LogP contribution >= 0.6 is 0 Å². The van der Waals surface area contributed by atoms with Crippen LogP contribution in [0.25, 0.3) is 77.2 Å². The fourth-order valence-electron chi connectivity index (χ4n) is 12.4. The van der Waals surface area contributed by atoms with Gasteiger partial charge in [-0.3, -0.25) is 0 Å². The maximum Gasteiger partial charge on any atom is 0.143 e. The van der Waals surface area contributed by atoms with Gasteiger partial charge in [-0.1, -0.05) is 220 Å². The number of hydrogen-bond donors (Lipinski definition) is 0. The van der Waals surface area contributed by atoms with Crippen LogP contribution in [-0.4, -0.2) is 0 Å². The zero-order chi connectivity index (χ0) is 46.6. The van der Waals surface area contributed by atoms with Gasteiger partial charge in [-0.25, -0.2) is 0 Å². The summed E-state index contributed by atoms with van der Waals surface area (Å²) >= 11 is 0. The van der Waals surface area contributed by atoms with Crippen molar-refractivity contribution in [1.29, 1.82) is 0 Å². The number of anilines is 3. The first kappa shape index (κ1) is 40.4. The fraction of sp³-hybridized carbons (Fsp3) is 0.0588. The second-order valence-corrected chi connectivity index (χ2v) is 19.5. The van der Waals surface area contributed by atoms with Gasteiger partial charge in [-0.2, -0.15) is 0 Å². The highest BCUT2D eigenvalue weighted by atomic mass is 16.3. The first-order valence-corrected chi connectivity index (χ1v) is 24.4. The molecule has 12 aromatic rings. The van der Waals surface area contributed by atoms with Crippen LogP contribution in [0.2, 0.25) is 0 Å². The van der Waals surface area contributed by atoms with Crippen molar-refractivity contribution in [1.82, 2.24) is 0 Å². The zero-order valence-corrected chi connectivity index (χ0v) is 39.0. The lowest BCUT2D eigenvalue weighted by Crippen LogP contribution is -2.28. The molecule has 2 aliphatic rings. The highest BCUT2D eigenvalue weighted by Gasteiger charge is 2.46. The third-order valence-electron chi connectivity index (χ3n) is 15.5. The number of hydrogen-bond acceptors (Lipinski definition) is 2. The molecule has 0 atom stereocenters. The van der Waals surface area contributed by atoms with E-state index in [1.54, 1.807) is 0 Å². The molecule has 70 heavy (non-hydrogen) atoms. The largest absolute Gasteiger partial charge is 0.455 e. The van der Waals surface area contributed by atoms with Crippen molar-refractivity contribution in [3.8, 4) is 44.5 Å². The van der Waals surface area contributed by atoms with E-state index in [-0.39, 0.29) is 5.41 Å². The predicted octanol–water partition coefficient (Wildman–Crippen LogP) is 18.2. The van der Waals surface area contributed by atoms with Crippen LogP contribution in [0.4, 0.5) is 17.1 Å². The molecule has 2 aliphatic carbocycles. The summed E-state index contributed by atoms with van der Waals surface area (Å²) in [6.07, 6.45) is 0. The monoisotopic (exact) mass is 893 g/mol. The number of rotatable bonds is 7. The van der Waals surface area contributed by atoms with Crippen LogP contribution in [0.1, 0.15) is 47.2 Å². The summed E-state index contributed by atoms with van der Waals surface area (Å²) in [7, 11) is 0. The van der Waals surface area contributed by atoms with Crippen LogP contribution in [0, 0.1) is 0 Å². The lowest BCUT2D eigenvalue weighted by atomic mass is 9.67. The van der Waals surface area contributed by atoms with Crippen molar-refractivity contribution < 1.29 is 4.42 Å². The maximum absolute atomic E-state index is 7.22. The summed E-state index contributed by atoms with van der Waals surface area (Å²) in [5.41, 5.74) is 21.6. The fourth-order valence-corrected chi connectivity index (χ4v) is 12.4. The van der Waals surface area contributed by atoms with Crippen molar-refractivity contribution >= 4 is 49.8 Å². The van der Waals surface area contributed by atoms with Crippen molar-refractivity contribution in [2.75, 3.05) is 4.90 Å². The topological polar surface area (TPSA) is 16.4 Å². The summed E-state index contributed by atoms with van der Waals surface area (Å²) in [6.45, 7) is 4.75. The lowest BCUT2D eigenvalue weighted by molar-refractivity contribution is 0.660. The Morgan fingerprint density at radius 1 is 0.300 bits per heavy atom. The molecular formula is C68H47NO. The predicted molar refractivity (Wildman–Crippen MR) is 292 cm³/mol. The quantitative estimate of drug-likeness (QED) is 0.158. The maximum atomic E-state index is 7.22. The highest BCUT2D eigenvalue weighted by molar-refractivity contribution is 6.21. The van der Waals surface area contributed by atoms with E-state index in [1.807, 2.05) is 0 Å². The van der Waals surface area contributed by atoms with Crippen molar-refractivity contribution in [2.45, 2.75) is 24.7 Å². The van der Waals surface area contributed by atoms with Crippen molar-refractivity contribution in [3.05, 3.63) is 282 Å². The van der Waals surface area contributed by atoms with Crippen LogP contribution in [0.5, 0.6) is 0 Å². The molecule has 0 unspecified atom stereocenters. The Morgan fingerprint density at radius 2 is 0.771 bits per heavy atom. The van der Waals surface area contributed by atoms with E-state index >= 15 is 0 Å². The van der Waals surface area contributed by atoms with E-state index in [9.17, 15) is 0 Å².